The highest BCUT2D eigenvalue weighted by Crippen LogP contribution is 2.06. The van der Waals surface area contributed by atoms with Crippen LogP contribution in [-0.2, 0) is 16.1 Å². The summed E-state index contributed by atoms with van der Waals surface area (Å²) in [6, 6.07) is 9.67. The van der Waals surface area contributed by atoms with E-state index in [1.165, 1.54) is 0 Å². The molecule has 14 heavy (non-hydrogen) atoms. The van der Waals surface area contributed by atoms with E-state index in [0.717, 1.165) is 5.56 Å². The van der Waals surface area contributed by atoms with Crippen molar-refractivity contribution in [3.8, 4) is 0 Å². The van der Waals surface area contributed by atoms with E-state index in [-0.39, 0.29) is 11.9 Å². The lowest BCUT2D eigenvalue weighted by Crippen LogP contribution is -2.15. The number of rotatable bonds is 4. The number of hydrogen-bond donors (Lipinski definition) is 0. The predicted molar refractivity (Wildman–Crippen MR) is 59.2 cm³/mol. The number of esters is 1. The van der Waals surface area contributed by atoms with Crippen LogP contribution in [0.3, 0.4) is 0 Å². The number of hydrogen-bond acceptors (Lipinski definition) is 2. The molecule has 0 radical (unpaired) electrons. The summed E-state index contributed by atoms with van der Waals surface area (Å²) in [6.07, 6.45) is 0. The third-order valence-electron chi connectivity index (χ3n) is 1.86. The molecule has 0 saturated carbocycles. The number of halogens is 1. The molecular weight excluding hydrogens is 244 g/mol. The Morgan fingerprint density at radius 2 is 2.07 bits per heavy atom. The summed E-state index contributed by atoms with van der Waals surface area (Å²) in [7, 11) is 0. The third-order valence-corrected chi connectivity index (χ3v) is 2.83. The van der Waals surface area contributed by atoms with Gasteiger partial charge in [-0.25, -0.2) is 0 Å². The Balaban J connectivity index is 2.38. The number of ether oxygens (including phenoxy) is 1. The zero-order chi connectivity index (χ0) is 10.4. The van der Waals surface area contributed by atoms with E-state index in [9.17, 15) is 4.79 Å². The van der Waals surface area contributed by atoms with Gasteiger partial charge in [0, 0.05) is 5.33 Å². The first-order valence-electron chi connectivity index (χ1n) is 4.50. The Morgan fingerprint density at radius 1 is 1.43 bits per heavy atom. The number of alkyl halides is 1. The van der Waals surface area contributed by atoms with Crippen LogP contribution in [0.4, 0.5) is 0 Å². The molecule has 2 nitrogen and oxygen atoms in total. The summed E-state index contributed by atoms with van der Waals surface area (Å²) >= 11 is 3.24. The molecule has 0 aliphatic rings. The van der Waals surface area contributed by atoms with Crippen LogP contribution < -0.4 is 0 Å². The minimum Gasteiger partial charge on any atom is -0.461 e. The molecule has 0 unspecified atom stereocenters. The summed E-state index contributed by atoms with van der Waals surface area (Å²) in [4.78, 5) is 11.3. The van der Waals surface area contributed by atoms with Crippen molar-refractivity contribution in [1.82, 2.24) is 0 Å². The molecule has 0 amide bonds. The van der Waals surface area contributed by atoms with Gasteiger partial charge in [-0.2, -0.15) is 0 Å². The zero-order valence-corrected chi connectivity index (χ0v) is 9.66. The average Bonchev–Trinajstić information content (AvgIpc) is 2.26. The van der Waals surface area contributed by atoms with E-state index in [1.54, 1.807) is 0 Å². The maximum absolute atomic E-state index is 11.3. The van der Waals surface area contributed by atoms with Gasteiger partial charge in [0.1, 0.15) is 6.61 Å². The standard InChI is InChI=1S/C11H13BrO2/c1-9(7-12)11(13)14-8-10-5-3-2-4-6-10/h2-6,9H,7-8H2,1H3/t9-/m0/s1. The second kappa shape index (κ2) is 5.81. The van der Waals surface area contributed by atoms with Crippen molar-refractivity contribution in [3.63, 3.8) is 0 Å². The van der Waals surface area contributed by atoms with Crippen molar-refractivity contribution in [2.45, 2.75) is 13.5 Å². The summed E-state index contributed by atoms with van der Waals surface area (Å²) in [5.41, 5.74) is 1.02. The SMILES string of the molecule is C[C@@H](CBr)C(=O)OCc1ccccc1. The Labute approximate surface area is 92.4 Å². The van der Waals surface area contributed by atoms with E-state index in [2.05, 4.69) is 15.9 Å². The van der Waals surface area contributed by atoms with E-state index in [1.807, 2.05) is 37.3 Å². The van der Waals surface area contributed by atoms with Crippen molar-refractivity contribution in [2.24, 2.45) is 5.92 Å². The quantitative estimate of drug-likeness (QED) is 0.612. The maximum atomic E-state index is 11.3. The number of benzene rings is 1. The molecular formula is C11H13BrO2. The van der Waals surface area contributed by atoms with E-state index < -0.39 is 0 Å². The second-order valence-corrected chi connectivity index (χ2v) is 3.80. The van der Waals surface area contributed by atoms with Crippen LogP contribution in [0.2, 0.25) is 0 Å². The highest BCUT2D eigenvalue weighted by Gasteiger charge is 2.12. The topological polar surface area (TPSA) is 26.3 Å². The molecule has 0 spiro atoms. The fourth-order valence-corrected chi connectivity index (χ4v) is 1.20. The molecule has 0 fully saturated rings. The van der Waals surface area contributed by atoms with Crippen molar-refractivity contribution < 1.29 is 9.53 Å². The zero-order valence-electron chi connectivity index (χ0n) is 8.07. The molecule has 1 aromatic rings. The lowest BCUT2D eigenvalue weighted by molar-refractivity contribution is -0.148. The first-order valence-corrected chi connectivity index (χ1v) is 5.62. The lowest BCUT2D eigenvalue weighted by atomic mass is 10.2. The van der Waals surface area contributed by atoms with Crippen molar-refractivity contribution in [3.05, 3.63) is 35.9 Å². The van der Waals surface area contributed by atoms with E-state index in [0.29, 0.717) is 11.9 Å². The van der Waals surface area contributed by atoms with Crippen LogP contribution in [0.1, 0.15) is 12.5 Å². The summed E-state index contributed by atoms with van der Waals surface area (Å²) in [6.45, 7) is 2.19. The van der Waals surface area contributed by atoms with Crippen LogP contribution >= 0.6 is 15.9 Å². The van der Waals surface area contributed by atoms with Crippen molar-refractivity contribution in [2.75, 3.05) is 5.33 Å². The van der Waals surface area contributed by atoms with Gasteiger partial charge in [-0.1, -0.05) is 53.2 Å². The van der Waals surface area contributed by atoms with Crippen LogP contribution in [0.15, 0.2) is 30.3 Å². The predicted octanol–water partition coefficient (Wildman–Crippen LogP) is 2.76. The van der Waals surface area contributed by atoms with Gasteiger partial charge in [-0.3, -0.25) is 4.79 Å². The maximum Gasteiger partial charge on any atom is 0.309 e. The van der Waals surface area contributed by atoms with Gasteiger partial charge in [0.25, 0.3) is 0 Å². The molecule has 0 bridgehead atoms. The molecule has 76 valence electrons. The molecule has 0 aliphatic heterocycles. The van der Waals surface area contributed by atoms with Gasteiger partial charge in [-0.15, -0.1) is 0 Å². The molecule has 1 rings (SSSR count). The van der Waals surface area contributed by atoms with Crippen molar-refractivity contribution >= 4 is 21.9 Å². The summed E-state index contributed by atoms with van der Waals surface area (Å²) < 4.78 is 5.11. The first-order chi connectivity index (χ1) is 6.74. The highest BCUT2D eigenvalue weighted by atomic mass is 79.9. The molecule has 0 saturated heterocycles. The minimum absolute atomic E-state index is 0.0845. The monoisotopic (exact) mass is 256 g/mol. The van der Waals surface area contributed by atoms with E-state index >= 15 is 0 Å². The number of carbonyl (C=O) groups is 1. The van der Waals surface area contributed by atoms with Gasteiger partial charge in [-0.05, 0) is 5.56 Å². The first kappa shape index (κ1) is 11.2. The molecule has 1 atom stereocenters. The Morgan fingerprint density at radius 3 is 2.64 bits per heavy atom. The van der Waals surface area contributed by atoms with Gasteiger partial charge in [0.05, 0.1) is 5.92 Å². The smallest absolute Gasteiger partial charge is 0.309 e. The van der Waals surface area contributed by atoms with Gasteiger partial charge in [0.2, 0.25) is 0 Å². The average molecular weight is 257 g/mol. The largest absolute Gasteiger partial charge is 0.461 e. The van der Waals surface area contributed by atoms with Crippen LogP contribution in [0.25, 0.3) is 0 Å². The Bertz CT molecular complexity index is 285. The van der Waals surface area contributed by atoms with Crippen LogP contribution in [-0.4, -0.2) is 11.3 Å². The Kier molecular flexibility index (Phi) is 4.66. The van der Waals surface area contributed by atoms with Crippen LogP contribution in [0, 0.1) is 5.92 Å². The Hall–Kier alpha value is -0.830. The minimum atomic E-state index is -0.161. The third kappa shape index (κ3) is 3.50. The van der Waals surface area contributed by atoms with Gasteiger partial charge in [0.15, 0.2) is 0 Å². The van der Waals surface area contributed by atoms with Gasteiger partial charge < -0.3 is 4.74 Å². The molecule has 0 N–H and O–H groups in total. The molecule has 1 aromatic carbocycles. The lowest BCUT2D eigenvalue weighted by Gasteiger charge is -2.08. The van der Waals surface area contributed by atoms with Crippen LogP contribution in [0.5, 0.6) is 0 Å². The van der Waals surface area contributed by atoms with Crippen molar-refractivity contribution in [1.29, 1.82) is 0 Å². The molecule has 3 heteroatoms. The van der Waals surface area contributed by atoms with Gasteiger partial charge >= 0.3 is 5.97 Å². The second-order valence-electron chi connectivity index (χ2n) is 3.15. The number of carbonyl (C=O) groups excluding carboxylic acids is 1. The normalized spacial score (nSPS) is 12.1. The van der Waals surface area contributed by atoms with E-state index in [4.69, 9.17) is 4.74 Å². The molecule has 0 aromatic heterocycles. The fourth-order valence-electron chi connectivity index (χ4n) is 0.934. The summed E-state index contributed by atoms with van der Waals surface area (Å²) in [5.74, 6) is -0.246. The molecule has 0 aliphatic carbocycles. The fraction of sp³-hybridized carbons (Fsp3) is 0.364. The summed E-state index contributed by atoms with van der Waals surface area (Å²) in [5, 5.41) is 0.640. The highest BCUT2D eigenvalue weighted by molar-refractivity contribution is 9.09. The molecule has 0 heterocycles.